The number of rotatable bonds is 3. The fraction of sp³-hybridized carbons (Fsp3) is 0.348. The molecule has 7 nitrogen and oxygen atoms in total. The van der Waals surface area contributed by atoms with Gasteiger partial charge in [-0.15, -0.1) is 0 Å². The van der Waals surface area contributed by atoms with Gasteiger partial charge in [0.05, 0.1) is 25.7 Å². The Kier molecular flexibility index (Phi) is 4.18. The molecule has 0 aliphatic carbocycles. The Balaban J connectivity index is 1.61. The quantitative estimate of drug-likeness (QED) is 0.779. The molecule has 2 aromatic carbocycles. The molecule has 0 radical (unpaired) electrons. The van der Waals surface area contributed by atoms with Crippen LogP contribution in [0.25, 0.3) is 0 Å². The molecule has 156 valence electrons. The maximum absolute atomic E-state index is 13.6. The first-order valence-corrected chi connectivity index (χ1v) is 9.72. The van der Waals surface area contributed by atoms with Crippen LogP contribution in [0, 0.1) is 0 Å². The minimum absolute atomic E-state index is 0.140. The number of benzene rings is 2. The summed E-state index contributed by atoms with van der Waals surface area (Å²) in [5.74, 6) is 1.55. The maximum atomic E-state index is 13.6. The summed E-state index contributed by atoms with van der Waals surface area (Å²) in [6.45, 7) is 5.87. The van der Waals surface area contributed by atoms with Crippen LogP contribution in [0.1, 0.15) is 34.3 Å². The molecule has 0 spiro atoms. The summed E-state index contributed by atoms with van der Waals surface area (Å²) in [5, 5.41) is 10.7. The van der Waals surface area contributed by atoms with Crippen LogP contribution in [-0.2, 0) is 6.42 Å². The third-order valence-electron chi connectivity index (χ3n) is 5.94. The van der Waals surface area contributed by atoms with Crippen molar-refractivity contribution in [1.82, 2.24) is 0 Å². The van der Waals surface area contributed by atoms with Crippen molar-refractivity contribution < 1.29 is 33.6 Å². The van der Waals surface area contributed by atoms with Crippen LogP contribution in [-0.4, -0.2) is 43.6 Å². The number of hydrogen-bond acceptors (Lipinski definition) is 7. The number of carbonyl (C=O) groups excluding carboxylic acids is 1. The molecule has 0 fully saturated rings. The third kappa shape index (κ3) is 2.58. The van der Waals surface area contributed by atoms with E-state index in [1.165, 1.54) is 14.2 Å². The number of aliphatic hydroxyl groups excluding tert-OH is 1. The van der Waals surface area contributed by atoms with Crippen LogP contribution in [0.2, 0.25) is 0 Å². The first kappa shape index (κ1) is 18.8. The molecule has 5 rings (SSSR count). The number of methoxy groups -OCH3 is 2. The van der Waals surface area contributed by atoms with Gasteiger partial charge in [0.1, 0.15) is 23.4 Å². The van der Waals surface area contributed by atoms with E-state index in [1.54, 1.807) is 24.3 Å². The molecule has 3 aliphatic heterocycles. The van der Waals surface area contributed by atoms with Gasteiger partial charge in [-0.05, 0) is 30.7 Å². The van der Waals surface area contributed by atoms with Gasteiger partial charge >= 0.3 is 0 Å². The molecule has 0 bridgehead atoms. The fourth-order valence-electron chi connectivity index (χ4n) is 4.38. The van der Waals surface area contributed by atoms with Gasteiger partial charge in [0.2, 0.25) is 6.29 Å². The molecule has 0 saturated carbocycles. The van der Waals surface area contributed by atoms with E-state index in [1.807, 2.05) is 6.92 Å². The van der Waals surface area contributed by atoms with Crippen LogP contribution in [0.4, 0.5) is 0 Å². The minimum Gasteiger partial charge on any atom is -0.493 e. The van der Waals surface area contributed by atoms with Crippen molar-refractivity contribution in [3.05, 3.63) is 53.1 Å². The topological polar surface area (TPSA) is 83.5 Å². The van der Waals surface area contributed by atoms with E-state index in [4.69, 9.17) is 23.7 Å². The smallest absolute Gasteiger partial charge is 0.235 e. The maximum Gasteiger partial charge on any atom is 0.235 e. The van der Waals surface area contributed by atoms with Gasteiger partial charge < -0.3 is 28.8 Å². The van der Waals surface area contributed by atoms with Gasteiger partial charge in [-0.2, -0.15) is 0 Å². The Morgan fingerprint density at radius 3 is 2.53 bits per heavy atom. The van der Waals surface area contributed by atoms with Crippen LogP contribution in [0.5, 0.6) is 28.7 Å². The zero-order chi connectivity index (χ0) is 21.2. The number of aliphatic hydroxyl groups is 1. The molecule has 0 unspecified atom stereocenters. The molecule has 0 aromatic heterocycles. The molecule has 0 amide bonds. The van der Waals surface area contributed by atoms with Crippen molar-refractivity contribution in [1.29, 1.82) is 0 Å². The van der Waals surface area contributed by atoms with Crippen LogP contribution in [0.15, 0.2) is 36.4 Å². The van der Waals surface area contributed by atoms with Gasteiger partial charge in [0.15, 0.2) is 23.4 Å². The van der Waals surface area contributed by atoms with Gasteiger partial charge in [-0.3, -0.25) is 4.79 Å². The number of carbonyl (C=O) groups is 1. The minimum atomic E-state index is -1.31. The summed E-state index contributed by atoms with van der Waals surface area (Å²) in [4.78, 5) is 13.6. The lowest BCUT2D eigenvalue weighted by atomic mass is 9.80. The molecule has 1 N–H and O–H groups in total. The molecule has 2 aromatic rings. The molecule has 3 aliphatic rings. The zero-order valence-electron chi connectivity index (χ0n) is 16.9. The van der Waals surface area contributed by atoms with E-state index in [9.17, 15) is 9.90 Å². The van der Waals surface area contributed by atoms with Crippen LogP contribution in [0.3, 0.4) is 0 Å². The Morgan fingerprint density at radius 1 is 1.10 bits per heavy atom. The first-order chi connectivity index (χ1) is 14.4. The summed E-state index contributed by atoms with van der Waals surface area (Å²) in [6.07, 6.45) is -1.79. The average molecular weight is 410 g/mol. The molecular weight excluding hydrogens is 388 g/mol. The summed E-state index contributed by atoms with van der Waals surface area (Å²) in [5.41, 5.74) is 2.78. The van der Waals surface area contributed by atoms with E-state index in [0.29, 0.717) is 46.3 Å². The van der Waals surface area contributed by atoms with Crippen molar-refractivity contribution in [2.45, 2.75) is 37.8 Å². The van der Waals surface area contributed by atoms with E-state index < -0.39 is 18.3 Å². The summed E-state index contributed by atoms with van der Waals surface area (Å²) >= 11 is 0. The monoisotopic (exact) mass is 410 g/mol. The van der Waals surface area contributed by atoms with Crippen molar-refractivity contribution in [2.24, 2.45) is 0 Å². The highest BCUT2D eigenvalue weighted by molar-refractivity contribution is 6.06. The lowest BCUT2D eigenvalue weighted by molar-refractivity contribution is -0.112. The molecule has 4 atom stereocenters. The zero-order valence-corrected chi connectivity index (χ0v) is 16.9. The first-order valence-electron chi connectivity index (χ1n) is 9.72. The van der Waals surface area contributed by atoms with Crippen molar-refractivity contribution in [2.75, 3.05) is 14.2 Å². The Labute approximate surface area is 173 Å². The van der Waals surface area contributed by atoms with E-state index in [2.05, 4.69) is 6.58 Å². The van der Waals surface area contributed by atoms with Gasteiger partial charge in [-0.25, -0.2) is 0 Å². The van der Waals surface area contributed by atoms with Crippen LogP contribution < -0.4 is 23.7 Å². The van der Waals surface area contributed by atoms with E-state index >= 15 is 0 Å². The number of fused-ring (bicyclic) bond motifs is 6. The SMILES string of the molecule is C=C(C)[C@@H]1Cc2c(ccc3c2O[C@H]2[C@H](O)Oc4cc(OC)c(OC)cc4[C@@H]2C3=O)O1. The number of Topliss-reactive ketones (excluding diaryl/α,β-unsaturated/α-hetero) is 1. The Morgan fingerprint density at radius 2 is 1.83 bits per heavy atom. The van der Waals surface area contributed by atoms with Gasteiger partial charge in [-0.1, -0.05) is 6.58 Å². The predicted octanol–water partition coefficient (Wildman–Crippen LogP) is 3.02. The molecule has 3 heterocycles. The molecule has 7 heteroatoms. The van der Waals surface area contributed by atoms with Gasteiger partial charge in [0.25, 0.3) is 0 Å². The van der Waals surface area contributed by atoms with Crippen LogP contribution >= 0.6 is 0 Å². The summed E-state index contributed by atoms with van der Waals surface area (Å²) in [6, 6.07) is 6.84. The summed E-state index contributed by atoms with van der Waals surface area (Å²) in [7, 11) is 3.04. The van der Waals surface area contributed by atoms with E-state index in [0.717, 1.165) is 11.1 Å². The molecular formula is C23H22O7. The number of ether oxygens (including phenoxy) is 5. The molecule has 0 saturated heterocycles. The Bertz CT molecular complexity index is 1070. The highest BCUT2D eigenvalue weighted by Gasteiger charge is 2.49. The second-order valence-corrected chi connectivity index (χ2v) is 7.75. The Hall–Kier alpha value is -3.19. The predicted molar refractivity (Wildman–Crippen MR) is 107 cm³/mol. The van der Waals surface area contributed by atoms with Crippen molar-refractivity contribution >= 4 is 5.78 Å². The largest absolute Gasteiger partial charge is 0.493 e. The lowest BCUT2D eigenvalue weighted by Crippen LogP contribution is -2.49. The normalized spacial score (nSPS) is 25.5. The second kappa shape index (κ2) is 6.67. The second-order valence-electron chi connectivity index (χ2n) is 7.75. The van der Waals surface area contributed by atoms with Gasteiger partial charge in [0, 0.05) is 23.6 Å². The standard InChI is InChI=1S/C23H22O7/c1-10(2)15-8-13-14(28-15)6-5-11-20(24)19-12-7-17(26-3)18(27-4)9-16(12)29-23(25)22(19)30-21(11)13/h5-7,9,15,19,22-23,25H,1,8H2,2-4H3/t15-,19+,22+,23+/m0/s1. The number of hydrogen-bond donors (Lipinski definition) is 1. The lowest BCUT2D eigenvalue weighted by Gasteiger charge is -2.40. The highest BCUT2D eigenvalue weighted by atomic mass is 16.6. The van der Waals surface area contributed by atoms with E-state index in [-0.39, 0.29) is 11.9 Å². The number of ketones is 1. The fourth-order valence-corrected chi connectivity index (χ4v) is 4.38. The molecule has 30 heavy (non-hydrogen) atoms. The van der Waals surface area contributed by atoms with Crippen molar-refractivity contribution in [3.63, 3.8) is 0 Å². The van der Waals surface area contributed by atoms with Crippen molar-refractivity contribution in [3.8, 4) is 28.7 Å². The third-order valence-corrected chi connectivity index (χ3v) is 5.94. The highest BCUT2D eigenvalue weighted by Crippen LogP contribution is 2.50. The average Bonchev–Trinajstić information content (AvgIpc) is 3.18. The summed E-state index contributed by atoms with van der Waals surface area (Å²) < 4.78 is 28.5.